The number of β-lactam (4-membered cyclic amide) rings is 1. The summed E-state index contributed by atoms with van der Waals surface area (Å²) >= 11 is 1.56. The molecule has 3 heterocycles. The number of carbonyl (C=O) groups is 2. The minimum atomic E-state index is -1.07. The Morgan fingerprint density at radius 2 is 2.23 bits per heavy atom. The van der Waals surface area contributed by atoms with E-state index in [0.29, 0.717) is 0 Å². The molecule has 2 saturated heterocycles. The molecule has 1 amide bonds. The zero-order valence-electron chi connectivity index (χ0n) is 15.4. The summed E-state index contributed by atoms with van der Waals surface area (Å²) < 4.78 is 0. The van der Waals surface area contributed by atoms with Gasteiger partial charge in [0.1, 0.15) is 5.70 Å². The first-order valence-electron chi connectivity index (χ1n) is 8.98. The second-order valence-corrected chi connectivity index (χ2v) is 8.74. The molecule has 0 bridgehead atoms. The Hall–Kier alpha value is -1.35. The highest BCUT2D eigenvalue weighted by Crippen LogP contribution is 2.51. The third kappa shape index (κ3) is 3.09. The molecule has 3 rings (SSSR count). The average molecular weight is 381 g/mol. The van der Waals surface area contributed by atoms with Crippen molar-refractivity contribution in [1.82, 2.24) is 15.5 Å². The fourth-order valence-corrected chi connectivity index (χ4v) is 5.79. The van der Waals surface area contributed by atoms with Gasteiger partial charge in [-0.25, -0.2) is 4.79 Å². The number of hydrogen-bond donors (Lipinski definition) is 4. The SMILES string of the molecule is C=C(CNC)[C@@H]1C[C@H](SC2=C(C(=O)O)N3C(=O)[C@H]([C@@H](C)O)[C@H]3[C@H]2C)CN1. The number of likely N-dealkylation sites (N-methyl/N-ethyl adjacent to an activating group) is 1. The molecule has 3 aliphatic heterocycles. The van der Waals surface area contributed by atoms with Crippen molar-refractivity contribution < 1.29 is 19.8 Å². The first-order chi connectivity index (χ1) is 12.3. The molecule has 0 aliphatic carbocycles. The Morgan fingerprint density at radius 1 is 1.54 bits per heavy atom. The maximum atomic E-state index is 12.4. The number of aliphatic carboxylic acids is 1. The van der Waals surface area contributed by atoms with Gasteiger partial charge in [-0.2, -0.15) is 0 Å². The van der Waals surface area contributed by atoms with Crippen LogP contribution >= 0.6 is 11.8 Å². The van der Waals surface area contributed by atoms with Crippen molar-refractivity contribution in [3.63, 3.8) is 0 Å². The van der Waals surface area contributed by atoms with Crippen LogP contribution in [0.5, 0.6) is 0 Å². The monoisotopic (exact) mass is 381 g/mol. The molecule has 0 aromatic carbocycles. The second kappa shape index (κ2) is 7.34. The van der Waals surface area contributed by atoms with Crippen LogP contribution in [-0.2, 0) is 9.59 Å². The van der Waals surface area contributed by atoms with Crippen molar-refractivity contribution >= 4 is 23.6 Å². The molecule has 3 aliphatic rings. The van der Waals surface area contributed by atoms with Crippen LogP contribution in [0.4, 0.5) is 0 Å². The molecule has 0 aromatic heterocycles. The summed E-state index contributed by atoms with van der Waals surface area (Å²) in [6, 6.07) is -0.0325. The van der Waals surface area contributed by atoms with Crippen molar-refractivity contribution in [3.05, 3.63) is 22.8 Å². The molecule has 0 saturated carbocycles. The maximum absolute atomic E-state index is 12.4. The van der Waals surface area contributed by atoms with Gasteiger partial charge >= 0.3 is 5.97 Å². The maximum Gasteiger partial charge on any atom is 0.353 e. The number of aliphatic hydroxyl groups excluding tert-OH is 1. The summed E-state index contributed by atoms with van der Waals surface area (Å²) in [5.41, 5.74) is 1.20. The third-order valence-corrected chi connectivity index (χ3v) is 7.10. The number of carboxylic acid groups (broad SMARTS) is 1. The van der Waals surface area contributed by atoms with E-state index in [0.717, 1.165) is 30.0 Å². The summed E-state index contributed by atoms with van der Waals surface area (Å²) in [7, 11) is 1.89. The Morgan fingerprint density at radius 3 is 2.81 bits per heavy atom. The molecule has 26 heavy (non-hydrogen) atoms. The quantitative estimate of drug-likeness (QED) is 0.373. The molecular weight excluding hydrogens is 354 g/mol. The molecular formula is C18H27N3O4S. The van der Waals surface area contributed by atoms with E-state index in [1.165, 1.54) is 4.90 Å². The fraction of sp³-hybridized carbons (Fsp3) is 0.667. The van der Waals surface area contributed by atoms with E-state index in [1.54, 1.807) is 18.7 Å². The zero-order chi connectivity index (χ0) is 19.2. The van der Waals surface area contributed by atoms with Crippen molar-refractivity contribution in [2.24, 2.45) is 11.8 Å². The van der Waals surface area contributed by atoms with Crippen LogP contribution in [-0.4, -0.2) is 70.6 Å². The van der Waals surface area contributed by atoms with Gasteiger partial charge in [-0.3, -0.25) is 4.79 Å². The Labute approximate surface area is 157 Å². The molecule has 0 radical (unpaired) electrons. The Kier molecular flexibility index (Phi) is 5.48. The van der Waals surface area contributed by atoms with Crippen molar-refractivity contribution in [1.29, 1.82) is 0 Å². The highest BCUT2D eigenvalue weighted by atomic mass is 32.2. The number of hydrogen-bond acceptors (Lipinski definition) is 6. The third-order valence-electron chi connectivity index (χ3n) is 5.59. The predicted molar refractivity (Wildman–Crippen MR) is 100 cm³/mol. The molecule has 4 N–H and O–H groups in total. The zero-order valence-corrected chi connectivity index (χ0v) is 16.2. The Balaban J connectivity index is 1.76. The lowest BCUT2D eigenvalue weighted by atomic mass is 9.79. The van der Waals surface area contributed by atoms with E-state index < -0.39 is 18.0 Å². The normalized spacial score (nSPS) is 34.7. The Bertz CT molecular complexity index is 663. The average Bonchev–Trinajstić information content (AvgIpc) is 3.11. The van der Waals surface area contributed by atoms with Crippen LogP contribution in [0.25, 0.3) is 0 Å². The van der Waals surface area contributed by atoms with Crippen LogP contribution in [0.2, 0.25) is 0 Å². The molecule has 0 aromatic rings. The lowest BCUT2D eigenvalue weighted by molar-refractivity contribution is -0.163. The largest absolute Gasteiger partial charge is 0.477 e. The molecule has 7 nitrogen and oxygen atoms in total. The number of amides is 1. The summed E-state index contributed by atoms with van der Waals surface area (Å²) in [6.45, 7) is 9.18. The van der Waals surface area contributed by atoms with Gasteiger partial charge < -0.3 is 25.7 Å². The van der Waals surface area contributed by atoms with E-state index in [-0.39, 0.29) is 34.9 Å². The fourth-order valence-electron chi connectivity index (χ4n) is 4.31. The lowest BCUT2D eigenvalue weighted by Gasteiger charge is -2.46. The van der Waals surface area contributed by atoms with E-state index in [4.69, 9.17) is 0 Å². The number of thioether (sulfide) groups is 1. The van der Waals surface area contributed by atoms with Crippen molar-refractivity contribution in [2.45, 2.75) is 43.7 Å². The highest BCUT2D eigenvalue weighted by Gasteiger charge is 2.60. The van der Waals surface area contributed by atoms with E-state index in [2.05, 4.69) is 17.2 Å². The number of nitrogens with zero attached hydrogens (tertiary/aromatic N) is 1. The highest BCUT2D eigenvalue weighted by molar-refractivity contribution is 8.03. The number of aliphatic hydroxyl groups is 1. The first kappa shape index (κ1) is 19.4. The van der Waals surface area contributed by atoms with Crippen LogP contribution < -0.4 is 10.6 Å². The van der Waals surface area contributed by atoms with E-state index in [9.17, 15) is 19.8 Å². The summed E-state index contributed by atoms with van der Waals surface area (Å²) in [5, 5.41) is 26.4. The van der Waals surface area contributed by atoms with Gasteiger partial charge in [0.25, 0.3) is 0 Å². The number of rotatable bonds is 7. The van der Waals surface area contributed by atoms with Gasteiger partial charge in [0.05, 0.1) is 18.1 Å². The van der Waals surface area contributed by atoms with Gasteiger partial charge in [0, 0.05) is 35.2 Å². The number of carboxylic acids is 1. The number of fused-ring (bicyclic) bond motifs is 1. The van der Waals surface area contributed by atoms with Gasteiger partial charge in [0.2, 0.25) is 5.91 Å². The van der Waals surface area contributed by atoms with E-state index in [1.807, 2.05) is 14.0 Å². The number of carbonyl (C=O) groups excluding carboxylic acids is 1. The molecule has 0 unspecified atom stereocenters. The number of nitrogens with one attached hydrogen (secondary N) is 2. The van der Waals surface area contributed by atoms with Crippen LogP contribution in [0.1, 0.15) is 20.3 Å². The standard InChI is InChI=1S/C18H27N3O4S/c1-8(6-19-4)12-5-11(7-20-12)26-16-9(2)14-13(10(3)22)17(23)21(14)15(16)18(24)25/h9-14,19-20,22H,1,5-7H2,2-4H3,(H,24,25)/t9-,10-,11+,12+,13-,14-/m1/s1. The molecule has 6 atom stereocenters. The van der Waals surface area contributed by atoms with Crippen molar-refractivity contribution in [2.75, 3.05) is 20.1 Å². The summed E-state index contributed by atoms with van der Waals surface area (Å²) in [4.78, 5) is 26.3. The molecule has 8 heteroatoms. The minimum absolute atomic E-state index is 0.0806. The predicted octanol–water partition coefficient (Wildman–Crippen LogP) is 0.379. The smallest absolute Gasteiger partial charge is 0.353 e. The van der Waals surface area contributed by atoms with Gasteiger partial charge in [0.15, 0.2) is 0 Å². The first-order valence-corrected chi connectivity index (χ1v) is 9.86. The molecule has 144 valence electrons. The minimum Gasteiger partial charge on any atom is -0.477 e. The second-order valence-electron chi connectivity index (χ2n) is 7.40. The lowest BCUT2D eigenvalue weighted by Crippen LogP contribution is -2.63. The van der Waals surface area contributed by atoms with Crippen LogP contribution in [0.15, 0.2) is 22.8 Å². The van der Waals surface area contributed by atoms with Gasteiger partial charge in [-0.15, -0.1) is 11.8 Å². The summed E-state index contributed by atoms with van der Waals surface area (Å²) in [5.74, 6) is -1.94. The summed E-state index contributed by atoms with van der Waals surface area (Å²) in [6.07, 6.45) is 0.111. The van der Waals surface area contributed by atoms with Crippen LogP contribution in [0, 0.1) is 11.8 Å². The topological polar surface area (TPSA) is 102 Å². The van der Waals surface area contributed by atoms with Gasteiger partial charge in [-0.1, -0.05) is 13.5 Å². The van der Waals surface area contributed by atoms with E-state index >= 15 is 0 Å². The molecule has 2 fully saturated rings. The van der Waals surface area contributed by atoms with Gasteiger partial charge in [-0.05, 0) is 26.0 Å². The van der Waals surface area contributed by atoms with Crippen molar-refractivity contribution in [3.8, 4) is 0 Å². The van der Waals surface area contributed by atoms with Crippen LogP contribution in [0.3, 0.4) is 0 Å². The molecule has 0 spiro atoms.